The predicted molar refractivity (Wildman–Crippen MR) is 105 cm³/mol. The van der Waals surface area contributed by atoms with E-state index < -0.39 is 0 Å². The van der Waals surface area contributed by atoms with Gasteiger partial charge < -0.3 is 15.5 Å². The fraction of sp³-hybridized carbons (Fsp3) is 0.588. The lowest BCUT2D eigenvalue weighted by Crippen LogP contribution is -2.38. The van der Waals surface area contributed by atoms with Crippen LogP contribution in [0.2, 0.25) is 0 Å². The Balaban J connectivity index is 0.00000242. The summed E-state index contributed by atoms with van der Waals surface area (Å²) in [6.07, 6.45) is 5.09. The first-order valence-electron chi connectivity index (χ1n) is 7.93. The Hall–Kier alpha value is -0.820. The standard InChI is InChI=1S/C17H28N4.HI/c1-20(2)14-16-10-6-5-9-15(16)13-19-17(18)21-11-7-3-4-8-12-21;/h5-6,9-10H,3-4,7-8,11-14H2,1-2H3,(H2,18,19);1H. The molecule has 124 valence electrons. The highest BCUT2D eigenvalue weighted by molar-refractivity contribution is 14.0. The van der Waals surface area contributed by atoms with Crippen LogP contribution in [0.25, 0.3) is 0 Å². The third-order valence-corrected chi connectivity index (χ3v) is 3.95. The van der Waals surface area contributed by atoms with E-state index in [9.17, 15) is 0 Å². The highest BCUT2D eigenvalue weighted by Gasteiger charge is 2.11. The minimum Gasteiger partial charge on any atom is -0.370 e. The SMILES string of the molecule is CN(C)Cc1ccccc1CN=C(N)N1CCCCCC1.I. The van der Waals surface area contributed by atoms with Gasteiger partial charge in [-0.1, -0.05) is 37.1 Å². The molecule has 0 atom stereocenters. The number of guanidine groups is 1. The fourth-order valence-corrected chi connectivity index (χ4v) is 2.77. The van der Waals surface area contributed by atoms with Crippen molar-refractivity contribution in [3.63, 3.8) is 0 Å². The molecule has 2 N–H and O–H groups in total. The van der Waals surface area contributed by atoms with Gasteiger partial charge in [0, 0.05) is 19.6 Å². The number of nitrogens with zero attached hydrogens (tertiary/aromatic N) is 3. The predicted octanol–water partition coefficient (Wildman–Crippen LogP) is 3.06. The topological polar surface area (TPSA) is 44.9 Å². The molecule has 1 saturated heterocycles. The zero-order chi connectivity index (χ0) is 15.1. The van der Waals surface area contributed by atoms with Crippen molar-refractivity contribution in [3.05, 3.63) is 35.4 Å². The molecule has 0 aliphatic carbocycles. The monoisotopic (exact) mass is 416 g/mol. The van der Waals surface area contributed by atoms with Crippen molar-refractivity contribution in [2.45, 2.75) is 38.8 Å². The van der Waals surface area contributed by atoms with Crippen LogP contribution >= 0.6 is 24.0 Å². The maximum atomic E-state index is 6.18. The summed E-state index contributed by atoms with van der Waals surface area (Å²) in [5.74, 6) is 0.705. The van der Waals surface area contributed by atoms with Gasteiger partial charge in [-0.25, -0.2) is 4.99 Å². The smallest absolute Gasteiger partial charge is 0.191 e. The number of hydrogen-bond acceptors (Lipinski definition) is 2. The number of rotatable bonds is 4. The van der Waals surface area contributed by atoms with E-state index in [4.69, 9.17) is 5.73 Å². The Morgan fingerprint density at radius 1 is 1.09 bits per heavy atom. The summed E-state index contributed by atoms with van der Waals surface area (Å²) in [5.41, 5.74) is 8.78. The van der Waals surface area contributed by atoms with Crippen molar-refractivity contribution in [2.24, 2.45) is 10.7 Å². The molecular formula is C17H29IN4. The van der Waals surface area contributed by atoms with Gasteiger partial charge >= 0.3 is 0 Å². The molecule has 1 fully saturated rings. The largest absolute Gasteiger partial charge is 0.370 e. The highest BCUT2D eigenvalue weighted by atomic mass is 127. The molecule has 4 nitrogen and oxygen atoms in total. The molecule has 1 aliphatic rings. The maximum Gasteiger partial charge on any atom is 0.191 e. The number of benzene rings is 1. The second-order valence-corrected chi connectivity index (χ2v) is 6.08. The zero-order valence-corrected chi connectivity index (χ0v) is 16.1. The van der Waals surface area contributed by atoms with Gasteiger partial charge in [-0.05, 0) is 38.1 Å². The summed E-state index contributed by atoms with van der Waals surface area (Å²) < 4.78 is 0. The molecule has 0 spiro atoms. The Morgan fingerprint density at radius 3 is 2.27 bits per heavy atom. The first-order chi connectivity index (χ1) is 10.2. The molecule has 1 heterocycles. The molecule has 1 aromatic rings. The van der Waals surface area contributed by atoms with Crippen LogP contribution in [-0.2, 0) is 13.1 Å². The highest BCUT2D eigenvalue weighted by Crippen LogP contribution is 2.13. The van der Waals surface area contributed by atoms with Gasteiger partial charge in [0.25, 0.3) is 0 Å². The van der Waals surface area contributed by atoms with E-state index in [0.717, 1.165) is 19.6 Å². The Labute approximate surface area is 151 Å². The second kappa shape index (κ2) is 10.0. The number of hydrogen-bond donors (Lipinski definition) is 1. The van der Waals surface area contributed by atoms with Crippen LogP contribution in [0.3, 0.4) is 0 Å². The van der Waals surface area contributed by atoms with Crippen molar-refractivity contribution >= 4 is 29.9 Å². The van der Waals surface area contributed by atoms with Crippen molar-refractivity contribution < 1.29 is 0 Å². The third-order valence-electron chi connectivity index (χ3n) is 3.95. The van der Waals surface area contributed by atoms with Crippen molar-refractivity contribution in [1.29, 1.82) is 0 Å². The van der Waals surface area contributed by atoms with E-state index in [-0.39, 0.29) is 24.0 Å². The van der Waals surface area contributed by atoms with Gasteiger partial charge in [0.2, 0.25) is 0 Å². The number of likely N-dealkylation sites (tertiary alicyclic amines) is 1. The Bertz CT molecular complexity index is 465. The summed E-state index contributed by atoms with van der Waals surface area (Å²) >= 11 is 0. The number of aliphatic imine (C=N–C) groups is 1. The molecular weight excluding hydrogens is 387 g/mol. The van der Waals surface area contributed by atoms with Gasteiger partial charge in [-0.3, -0.25) is 0 Å². The first kappa shape index (κ1) is 19.2. The van der Waals surface area contributed by atoms with Gasteiger partial charge in [0.1, 0.15) is 0 Å². The minimum atomic E-state index is 0. The molecule has 0 radical (unpaired) electrons. The molecule has 1 aliphatic heterocycles. The van der Waals surface area contributed by atoms with Crippen molar-refractivity contribution in [3.8, 4) is 0 Å². The van der Waals surface area contributed by atoms with Crippen LogP contribution < -0.4 is 5.73 Å². The summed E-state index contributed by atoms with van der Waals surface area (Å²) in [7, 11) is 4.18. The van der Waals surface area contributed by atoms with E-state index >= 15 is 0 Å². The first-order valence-corrected chi connectivity index (χ1v) is 7.93. The molecule has 1 aromatic carbocycles. The van der Waals surface area contributed by atoms with Crippen LogP contribution in [-0.4, -0.2) is 42.9 Å². The van der Waals surface area contributed by atoms with Crippen LogP contribution in [0.15, 0.2) is 29.3 Å². The summed E-state index contributed by atoms with van der Waals surface area (Å²) in [6.45, 7) is 3.71. The molecule has 0 bridgehead atoms. The van der Waals surface area contributed by atoms with E-state index in [2.05, 4.69) is 53.2 Å². The van der Waals surface area contributed by atoms with Crippen LogP contribution in [0.1, 0.15) is 36.8 Å². The summed E-state index contributed by atoms with van der Waals surface area (Å²) in [5, 5.41) is 0. The van der Waals surface area contributed by atoms with E-state index in [1.807, 2.05) is 0 Å². The molecule has 0 unspecified atom stereocenters. The minimum absolute atomic E-state index is 0. The van der Waals surface area contributed by atoms with Gasteiger partial charge in [-0.2, -0.15) is 0 Å². The second-order valence-electron chi connectivity index (χ2n) is 6.08. The average Bonchev–Trinajstić information content (AvgIpc) is 2.74. The molecule has 0 amide bonds. The molecule has 5 heteroatoms. The van der Waals surface area contributed by atoms with Gasteiger partial charge in [0.15, 0.2) is 5.96 Å². The molecule has 2 rings (SSSR count). The Morgan fingerprint density at radius 2 is 1.68 bits per heavy atom. The normalized spacial score (nSPS) is 16.3. The quantitative estimate of drug-likeness (QED) is 0.466. The average molecular weight is 416 g/mol. The van der Waals surface area contributed by atoms with Crippen molar-refractivity contribution in [1.82, 2.24) is 9.80 Å². The van der Waals surface area contributed by atoms with Crippen LogP contribution in [0, 0.1) is 0 Å². The lowest BCUT2D eigenvalue weighted by Gasteiger charge is -2.21. The summed E-state index contributed by atoms with van der Waals surface area (Å²) in [6, 6.07) is 8.49. The number of halogens is 1. The van der Waals surface area contributed by atoms with Crippen LogP contribution in [0.5, 0.6) is 0 Å². The van der Waals surface area contributed by atoms with Gasteiger partial charge in [0.05, 0.1) is 6.54 Å². The van der Waals surface area contributed by atoms with Crippen LogP contribution in [0.4, 0.5) is 0 Å². The van der Waals surface area contributed by atoms with E-state index in [1.165, 1.54) is 36.8 Å². The molecule has 22 heavy (non-hydrogen) atoms. The van der Waals surface area contributed by atoms with E-state index in [1.54, 1.807) is 0 Å². The van der Waals surface area contributed by atoms with E-state index in [0.29, 0.717) is 12.5 Å². The molecule has 0 saturated carbocycles. The lowest BCUT2D eigenvalue weighted by atomic mass is 10.1. The third kappa shape index (κ3) is 6.12. The number of nitrogens with two attached hydrogens (primary N) is 1. The Kier molecular flexibility index (Phi) is 8.78. The van der Waals surface area contributed by atoms with Crippen molar-refractivity contribution in [2.75, 3.05) is 27.2 Å². The lowest BCUT2D eigenvalue weighted by molar-refractivity contribution is 0.400. The zero-order valence-electron chi connectivity index (χ0n) is 13.8. The maximum absolute atomic E-state index is 6.18. The fourth-order valence-electron chi connectivity index (χ4n) is 2.77. The van der Waals surface area contributed by atoms with Gasteiger partial charge in [-0.15, -0.1) is 24.0 Å². The molecule has 0 aromatic heterocycles. The summed E-state index contributed by atoms with van der Waals surface area (Å²) in [4.78, 5) is 9.05.